The van der Waals surface area contributed by atoms with Crippen LogP contribution < -0.4 is 5.32 Å². The van der Waals surface area contributed by atoms with Crippen LogP contribution in [0.15, 0.2) is 47.8 Å². The van der Waals surface area contributed by atoms with Gasteiger partial charge in [-0.3, -0.25) is 14.9 Å². The first-order valence-electron chi connectivity index (χ1n) is 9.35. The van der Waals surface area contributed by atoms with Gasteiger partial charge in [0.15, 0.2) is 0 Å². The Morgan fingerprint density at radius 2 is 1.57 bits per heavy atom. The summed E-state index contributed by atoms with van der Waals surface area (Å²) in [6.45, 7) is 4.00. The van der Waals surface area contributed by atoms with Gasteiger partial charge in [-0.05, 0) is 29.0 Å². The number of aryl methyl sites for hydroxylation is 1. The maximum atomic E-state index is 12.7. The molecule has 0 aliphatic carbocycles. The van der Waals surface area contributed by atoms with Crippen molar-refractivity contribution < 1.29 is 9.59 Å². The van der Waals surface area contributed by atoms with Crippen molar-refractivity contribution in [1.29, 1.82) is 0 Å². The summed E-state index contributed by atoms with van der Waals surface area (Å²) in [7, 11) is 2.02. The molecule has 0 fully saturated rings. The maximum absolute atomic E-state index is 12.7. The van der Waals surface area contributed by atoms with Crippen LogP contribution in [0.25, 0.3) is 42.7 Å². The van der Waals surface area contributed by atoms with Gasteiger partial charge in [0, 0.05) is 38.8 Å². The molecule has 0 atom stereocenters. The Morgan fingerprint density at radius 1 is 0.821 bits per heavy atom. The Hall–Kier alpha value is -3.18. The van der Waals surface area contributed by atoms with Gasteiger partial charge in [-0.2, -0.15) is 0 Å². The Labute approximate surface area is 165 Å². The highest BCUT2D eigenvalue weighted by atomic mass is 32.1. The first-order chi connectivity index (χ1) is 13.7. The molecule has 138 valence electrons. The van der Waals surface area contributed by atoms with Gasteiger partial charge >= 0.3 is 0 Å². The van der Waals surface area contributed by atoms with Gasteiger partial charge in [0.2, 0.25) is 0 Å². The zero-order valence-electron chi connectivity index (χ0n) is 15.8. The molecule has 1 aliphatic heterocycles. The van der Waals surface area contributed by atoms with Crippen molar-refractivity contribution in [3.8, 4) is 0 Å². The van der Waals surface area contributed by atoms with Crippen molar-refractivity contribution in [2.75, 3.05) is 0 Å². The molecule has 2 aromatic heterocycles. The number of imide groups is 1. The van der Waals surface area contributed by atoms with E-state index in [1.54, 1.807) is 11.3 Å². The zero-order chi connectivity index (χ0) is 19.6. The number of fused-ring (bicyclic) bond motifs is 10. The van der Waals surface area contributed by atoms with Gasteiger partial charge in [0.25, 0.3) is 11.8 Å². The third kappa shape index (κ3) is 1.94. The molecule has 0 radical (unpaired) electrons. The van der Waals surface area contributed by atoms with Crippen LogP contribution in [0.5, 0.6) is 0 Å². The number of thiophene rings is 1. The molecular formula is C23H18N2O2S. The van der Waals surface area contributed by atoms with E-state index in [0.29, 0.717) is 11.1 Å². The Kier molecular flexibility index (Phi) is 3.58. The summed E-state index contributed by atoms with van der Waals surface area (Å²) in [5.41, 5.74) is 3.07. The molecule has 5 aromatic rings. The quantitative estimate of drug-likeness (QED) is 0.352. The fourth-order valence-electron chi connectivity index (χ4n) is 4.40. The molecule has 0 unspecified atom stereocenters. The van der Waals surface area contributed by atoms with E-state index in [4.69, 9.17) is 0 Å². The van der Waals surface area contributed by atoms with Crippen LogP contribution in [0.1, 0.15) is 34.6 Å². The number of hydrogen-bond acceptors (Lipinski definition) is 3. The van der Waals surface area contributed by atoms with Crippen molar-refractivity contribution in [1.82, 2.24) is 9.88 Å². The SMILES string of the molecule is CC.Cn1c2ccccc2c2c3c(c4ccc5sccc5c4c21)C(=O)NC3=O. The van der Waals surface area contributed by atoms with Crippen LogP contribution in [0.4, 0.5) is 0 Å². The minimum atomic E-state index is -0.307. The molecule has 1 N–H and O–H groups in total. The van der Waals surface area contributed by atoms with Gasteiger partial charge in [-0.15, -0.1) is 11.3 Å². The monoisotopic (exact) mass is 386 g/mol. The van der Waals surface area contributed by atoms with Crippen molar-refractivity contribution in [3.63, 3.8) is 0 Å². The van der Waals surface area contributed by atoms with Crippen LogP contribution in [-0.2, 0) is 7.05 Å². The Bertz CT molecular complexity index is 1460. The second-order valence-corrected chi connectivity index (χ2v) is 7.60. The second kappa shape index (κ2) is 5.91. The number of amides is 2. The third-order valence-corrected chi connectivity index (χ3v) is 6.31. The molecule has 3 heterocycles. The highest BCUT2D eigenvalue weighted by molar-refractivity contribution is 7.17. The number of hydrogen-bond donors (Lipinski definition) is 1. The number of nitrogens with zero attached hydrogens (tertiary/aromatic N) is 1. The van der Waals surface area contributed by atoms with E-state index >= 15 is 0 Å². The molecule has 6 rings (SSSR count). The third-order valence-electron chi connectivity index (χ3n) is 5.43. The lowest BCUT2D eigenvalue weighted by molar-refractivity contribution is 0.0880. The molecular weight excluding hydrogens is 368 g/mol. The summed E-state index contributed by atoms with van der Waals surface area (Å²) >= 11 is 1.68. The van der Waals surface area contributed by atoms with Gasteiger partial charge in [-0.25, -0.2) is 0 Å². The summed E-state index contributed by atoms with van der Waals surface area (Å²) in [6.07, 6.45) is 0. The number of carbonyl (C=O) groups excluding carboxylic acids is 2. The van der Waals surface area contributed by atoms with Gasteiger partial charge < -0.3 is 4.57 Å². The maximum Gasteiger partial charge on any atom is 0.259 e. The smallest absolute Gasteiger partial charge is 0.259 e. The first kappa shape index (κ1) is 17.0. The first-order valence-corrected chi connectivity index (χ1v) is 10.2. The Morgan fingerprint density at radius 3 is 2.39 bits per heavy atom. The molecule has 4 nitrogen and oxygen atoms in total. The van der Waals surface area contributed by atoms with Crippen LogP contribution in [0, 0.1) is 0 Å². The van der Waals surface area contributed by atoms with Crippen molar-refractivity contribution >= 4 is 65.8 Å². The number of para-hydroxylation sites is 1. The lowest BCUT2D eigenvalue weighted by atomic mass is 9.93. The summed E-state index contributed by atoms with van der Waals surface area (Å²) < 4.78 is 3.31. The van der Waals surface area contributed by atoms with Crippen molar-refractivity contribution in [3.05, 3.63) is 59.0 Å². The molecule has 0 saturated carbocycles. The summed E-state index contributed by atoms with van der Waals surface area (Å²) in [4.78, 5) is 25.3. The standard InChI is InChI=1S/C21H12N2O2S.C2H6/c1-23-13-5-3-2-4-10(13)16-18-17(20(24)22-21(18)25)12-6-7-14-11(8-9-26-14)15(12)19(16)23;1-2/h2-9H,1H3,(H,22,24,25);1-2H3. The number of nitrogens with one attached hydrogen (secondary N) is 1. The van der Waals surface area contributed by atoms with Crippen LogP contribution in [0.2, 0.25) is 0 Å². The molecule has 3 aromatic carbocycles. The van der Waals surface area contributed by atoms with E-state index < -0.39 is 0 Å². The lowest BCUT2D eigenvalue weighted by Crippen LogP contribution is -2.20. The highest BCUT2D eigenvalue weighted by Crippen LogP contribution is 2.43. The lowest BCUT2D eigenvalue weighted by Gasteiger charge is -2.09. The van der Waals surface area contributed by atoms with E-state index in [0.717, 1.165) is 38.0 Å². The fourth-order valence-corrected chi connectivity index (χ4v) is 5.19. The average molecular weight is 386 g/mol. The topological polar surface area (TPSA) is 51.1 Å². The van der Waals surface area contributed by atoms with Gasteiger partial charge in [0.05, 0.1) is 16.6 Å². The van der Waals surface area contributed by atoms with E-state index in [9.17, 15) is 9.59 Å². The Balaban J connectivity index is 0.000000829. The van der Waals surface area contributed by atoms with Gasteiger partial charge in [-0.1, -0.05) is 38.1 Å². The number of carbonyl (C=O) groups is 2. The molecule has 0 bridgehead atoms. The number of benzene rings is 3. The average Bonchev–Trinajstić information content (AvgIpc) is 3.39. The second-order valence-electron chi connectivity index (χ2n) is 6.65. The van der Waals surface area contributed by atoms with Crippen molar-refractivity contribution in [2.24, 2.45) is 7.05 Å². The summed E-state index contributed by atoms with van der Waals surface area (Å²) in [6, 6.07) is 14.1. The minimum Gasteiger partial charge on any atom is -0.343 e. The summed E-state index contributed by atoms with van der Waals surface area (Å²) in [5.74, 6) is -0.613. The highest BCUT2D eigenvalue weighted by Gasteiger charge is 2.34. The van der Waals surface area contributed by atoms with Gasteiger partial charge in [0.1, 0.15) is 0 Å². The number of aromatic nitrogens is 1. The van der Waals surface area contributed by atoms with Crippen LogP contribution in [0.3, 0.4) is 0 Å². The molecule has 0 saturated heterocycles. The molecule has 2 amide bonds. The van der Waals surface area contributed by atoms with E-state index in [1.165, 1.54) is 4.70 Å². The van der Waals surface area contributed by atoms with E-state index in [1.807, 2.05) is 51.2 Å². The number of rotatable bonds is 0. The summed E-state index contributed by atoms with van der Waals surface area (Å²) in [5, 5.41) is 9.44. The fraction of sp³-hybridized carbons (Fsp3) is 0.130. The molecule has 28 heavy (non-hydrogen) atoms. The predicted octanol–water partition coefficient (Wildman–Crippen LogP) is 5.61. The predicted molar refractivity (Wildman–Crippen MR) is 116 cm³/mol. The van der Waals surface area contributed by atoms with E-state index in [2.05, 4.69) is 27.4 Å². The van der Waals surface area contributed by atoms with Crippen LogP contribution in [-0.4, -0.2) is 16.4 Å². The van der Waals surface area contributed by atoms with Crippen LogP contribution >= 0.6 is 11.3 Å². The normalized spacial score (nSPS) is 13.2. The minimum absolute atomic E-state index is 0.306. The van der Waals surface area contributed by atoms with Crippen molar-refractivity contribution in [2.45, 2.75) is 13.8 Å². The molecule has 5 heteroatoms. The molecule has 0 spiro atoms. The largest absolute Gasteiger partial charge is 0.343 e. The van der Waals surface area contributed by atoms with E-state index in [-0.39, 0.29) is 11.8 Å². The zero-order valence-corrected chi connectivity index (χ0v) is 16.6. The molecule has 1 aliphatic rings.